The number of aromatic nitrogens is 1. The molecule has 6 nitrogen and oxygen atoms in total. The van der Waals surface area contributed by atoms with Crippen molar-refractivity contribution in [3.8, 4) is 17.0 Å². The Morgan fingerprint density at radius 1 is 1.06 bits per heavy atom. The van der Waals surface area contributed by atoms with E-state index in [2.05, 4.69) is 26.2 Å². The van der Waals surface area contributed by atoms with E-state index in [4.69, 9.17) is 21.1 Å². The fourth-order valence-corrected chi connectivity index (χ4v) is 4.03. The number of halogens is 2. The average Bonchev–Trinajstić information content (AvgIpc) is 2.87. The van der Waals surface area contributed by atoms with Crippen LogP contribution < -0.4 is 10.1 Å². The van der Waals surface area contributed by atoms with Gasteiger partial charge in [0, 0.05) is 21.1 Å². The topological polar surface area (TPSA) is 77.5 Å². The molecule has 8 heteroatoms. The Balaban J connectivity index is 1.56. The van der Waals surface area contributed by atoms with Gasteiger partial charge in [-0.15, -0.1) is 0 Å². The molecule has 3 aromatic carbocycles. The largest absolute Gasteiger partial charge is 0.497 e. The van der Waals surface area contributed by atoms with Crippen molar-refractivity contribution < 1.29 is 19.1 Å². The van der Waals surface area contributed by atoms with E-state index in [0.717, 1.165) is 15.8 Å². The van der Waals surface area contributed by atoms with E-state index in [1.54, 1.807) is 38.3 Å². The molecule has 0 saturated heterocycles. The third-order valence-corrected chi connectivity index (χ3v) is 6.65. The number of rotatable bonds is 6. The third kappa shape index (κ3) is 5.05. The summed E-state index contributed by atoms with van der Waals surface area (Å²) in [6.07, 6.45) is 0. The van der Waals surface area contributed by atoms with Gasteiger partial charge >= 0.3 is 5.97 Å². The maximum absolute atomic E-state index is 13.0. The zero-order chi connectivity index (χ0) is 24.2. The Kier molecular flexibility index (Phi) is 7.14. The summed E-state index contributed by atoms with van der Waals surface area (Å²) in [6, 6.07) is 19.8. The van der Waals surface area contributed by atoms with E-state index in [1.807, 2.05) is 42.5 Å². The number of esters is 1. The molecule has 0 bridgehead atoms. The molecule has 0 aliphatic rings. The lowest BCUT2D eigenvalue weighted by Gasteiger charge is -2.12. The number of anilines is 1. The van der Waals surface area contributed by atoms with Gasteiger partial charge in [-0.1, -0.05) is 29.8 Å². The molecule has 1 heterocycles. The summed E-state index contributed by atoms with van der Waals surface area (Å²) in [5.41, 5.74) is 3.66. The van der Waals surface area contributed by atoms with Crippen LogP contribution >= 0.6 is 27.5 Å². The van der Waals surface area contributed by atoms with Crippen molar-refractivity contribution in [1.82, 2.24) is 4.98 Å². The minimum atomic E-state index is -0.617. The van der Waals surface area contributed by atoms with Gasteiger partial charge in [0.2, 0.25) is 0 Å². The zero-order valence-corrected chi connectivity index (χ0v) is 20.7. The molecule has 0 unspecified atom stereocenters. The quantitative estimate of drug-likeness (QED) is 0.286. The molecule has 4 aromatic rings. The molecule has 0 saturated carbocycles. The number of nitrogens with zero attached hydrogens (tertiary/aromatic N) is 1. The summed E-state index contributed by atoms with van der Waals surface area (Å²) in [7, 11) is 1.60. The first-order valence-corrected chi connectivity index (χ1v) is 11.5. The number of methoxy groups -OCH3 is 1. The molecule has 0 spiro atoms. The molecule has 172 valence electrons. The molecule has 1 aromatic heterocycles. The molecule has 0 radical (unpaired) electrons. The second kappa shape index (κ2) is 10.2. The monoisotopic (exact) mass is 538 g/mol. The minimum absolute atomic E-state index is 0.326. The molecule has 34 heavy (non-hydrogen) atoms. The van der Waals surface area contributed by atoms with E-state index in [0.29, 0.717) is 38.4 Å². The Labute approximate surface area is 210 Å². The summed E-state index contributed by atoms with van der Waals surface area (Å²) in [5, 5.41) is 3.87. The van der Waals surface area contributed by atoms with E-state index >= 15 is 0 Å². The second-order valence-corrected chi connectivity index (χ2v) is 8.69. The summed E-state index contributed by atoms with van der Waals surface area (Å²) >= 11 is 9.56. The molecule has 0 fully saturated rings. The lowest BCUT2D eigenvalue weighted by atomic mass is 10.0. The Bertz CT molecular complexity index is 1390. The van der Waals surface area contributed by atoms with E-state index in [9.17, 15) is 9.59 Å². The van der Waals surface area contributed by atoms with Crippen LogP contribution in [-0.2, 0) is 9.53 Å². The van der Waals surface area contributed by atoms with Gasteiger partial charge in [-0.05, 0) is 76.9 Å². The smallest absolute Gasteiger partial charge is 0.339 e. The SMILES string of the molecule is COc1ccc(-c2cc(C(=O)OCC(=O)Nc3ccc(Br)c(Cl)c3C)c3ccccc3n2)cc1. The van der Waals surface area contributed by atoms with Crippen molar-refractivity contribution in [1.29, 1.82) is 0 Å². The van der Waals surface area contributed by atoms with Gasteiger partial charge in [-0.2, -0.15) is 0 Å². The van der Waals surface area contributed by atoms with Crippen LogP contribution in [-0.4, -0.2) is 30.6 Å². The van der Waals surface area contributed by atoms with Gasteiger partial charge in [-0.3, -0.25) is 4.79 Å². The van der Waals surface area contributed by atoms with Crippen LogP contribution in [0.25, 0.3) is 22.2 Å². The van der Waals surface area contributed by atoms with Crippen molar-refractivity contribution in [2.45, 2.75) is 6.92 Å². The van der Waals surface area contributed by atoms with Crippen LogP contribution in [0.5, 0.6) is 5.75 Å². The first-order chi connectivity index (χ1) is 16.4. The van der Waals surface area contributed by atoms with Gasteiger partial charge in [0.05, 0.1) is 28.9 Å². The average molecular weight is 540 g/mol. The summed E-state index contributed by atoms with van der Waals surface area (Å²) in [5.74, 6) is -0.366. The van der Waals surface area contributed by atoms with Crippen molar-refractivity contribution >= 4 is 56.0 Å². The highest BCUT2D eigenvalue weighted by atomic mass is 79.9. The van der Waals surface area contributed by atoms with Crippen LogP contribution in [0.4, 0.5) is 5.69 Å². The number of hydrogen-bond acceptors (Lipinski definition) is 5. The van der Waals surface area contributed by atoms with E-state index in [-0.39, 0.29) is 0 Å². The van der Waals surface area contributed by atoms with Crippen LogP contribution in [0, 0.1) is 6.92 Å². The molecule has 0 aliphatic heterocycles. The molecule has 1 N–H and O–H groups in total. The molecule has 1 amide bonds. The van der Waals surface area contributed by atoms with Gasteiger partial charge in [0.25, 0.3) is 5.91 Å². The molecular formula is C26H20BrClN2O4. The Hall–Kier alpha value is -3.42. The summed E-state index contributed by atoms with van der Waals surface area (Å²) < 4.78 is 11.3. The minimum Gasteiger partial charge on any atom is -0.497 e. The predicted octanol–water partition coefficient (Wildman–Crippen LogP) is 6.43. The highest BCUT2D eigenvalue weighted by molar-refractivity contribution is 9.10. The maximum atomic E-state index is 13.0. The fraction of sp³-hybridized carbons (Fsp3) is 0.115. The fourth-order valence-electron chi connectivity index (χ4n) is 3.44. The number of fused-ring (bicyclic) bond motifs is 1. The highest BCUT2D eigenvalue weighted by Gasteiger charge is 2.17. The number of ether oxygens (including phenoxy) is 2. The molecular weight excluding hydrogens is 520 g/mol. The molecule has 0 aliphatic carbocycles. The number of para-hydroxylation sites is 1. The summed E-state index contributed by atoms with van der Waals surface area (Å²) in [6.45, 7) is 1.35. The van der Waals surface area contributed by atoms with Gasteiger partial charge in [-0.25, -0.2) is 9.78 Å². The molecule has 4 rings (SSSR count). The molecule has 0 atom stereocenters. The number of benzene rings is 3. The number of amides is 1. The van der Waals surface area contributed by atoms with Crippen molar-refractivity contribution in [2.24, 2.45) is 0 Å². The number of carbonyl (C=O) groups is 2. The first kappa shape index (κ1) is 23.7. The highest BCUT2D eigenvalue weighted by Crippen LogP contribution is 2.31. The normalized spacial score (nSPS) is 10.7. The van der Waals surface area contributed by atoms with Gasteiger partial charge in [0.1, 0.15) is 5.75 Å². The zero-order valence-electron chi connectivity index (χ0n) is 18.4. The number of carbonyl (C=O) groups excluding carboxylic acids is 2. The number of pyridine rings is 1. The lowest BCUT2D eigenvalue weighted by Crippen LogP contribution is -2.21. The Morgan fingerprint density at radius 3 is 2.53 bits per heavy atom. The van der Waals surface area contributed by atoms with Gasteiger partial charge < -0.3 is 14.8 Å². The van der Waals surface area contributed by atoms with E-state index in [1.165, 1.54) is 0 Å². The van der Waals surface area contributed by atoms with E-state index < -0.39 is 18.5 Å². The maximum Gasteiger partial charge on any atom is 0.339 e. The number of nitrogens with one attached hydrogen (secondary N) is 1. The lowest BCUT2D eigenvalue weighted by molar-refractivity contribution is -0.119. The first-order valence-electron chi connectivity index (χ1n) is 10.3. The van der Waals surface area contributed by atoms with Crippen LogP contribution in [0.1, 0.15) is 15.9 Å². The van der Waals surface area contributed by atoms with Crippen LogP contribution in [0.3, 0.4) is 0 Å². The summed E-state index contributed by atoms with van der Waals surface area (Å²) in [4.78, 5) is 30.1. The van der Waals surface area contributed by atoms with Gasteiger partial charge in [0.15, 0.2) is 6.61 Å². The second-order valence-electron chi connectivity index (χ2n) is 7.46. The third-order valence-electron chi connectivity index (χ3n) is 5.27. The van der Waals surface area contributed by atoms with Crippen molar-refractivity contribution in [3.63, 3.8) is 0 Å². The number of hydrogen-bond donors (Lipinski definition) is 1. The standard InChI is InChI=1S/C26H20BrClN2O4/c1-15-21(12-11-20(27)25(15)28)30-24(31)14-34-26(32)19-13-23(16-7-9-17(33-2)10-8-16)29-22-6-4-3-5-18(19)22/h3-13H,14H2,1-2H3,(H,30,31). The predicted molar refractivity (Wildman–Crippen MR) is 137 cm³/mol. The van der Waals surface area contributed by atoms with Crippen LogP contribution in [0.2, 0.25) is 5.02 Å². The Morgan fingerprint density at radius 2 is 1.79 bits per heavy atom. The van der Waals surface area contributed by atoms with Crippen LogP contribution in [0.15, 0.2) is 71.2 Å². The van der Waals surface area contributed by atoms with Crippen molar-refractivity contribution in [2.75, 3.05) is 19.0 Å². The van der Waals surface area contributed by atoms with Crippen molar-refractivity contribution in [3.05, 3.63) is 87.4 Å².